The molecule has 466 valence electrons. The minimum Gasteiger partial charge on any atom is -0.368 e. The molecule has 28 heteroatoms. The highest BCUT2D eigenvalue weighted by molar-refractivity contribution is 8.00. The van der Waals surface area contributed by atoms with Gasteiger partial charge in [-0.05, 0) is 97.8 Å². The molecule has 0 radical (unpaired) electrons. The average Bonchev–Trinajstić information content (AvgIpc) is 3.68. The number of nitrogens with one attached hydrogen (secondary N) is 6. The average molecular weight is 1400 g/mol. The van der Waals surface area contributed by atoms with Crippen molar-refractivity contribution in [3.05, 3.63) is 71.8 Å². The Labute approximate surface area is 576 Å². The summed E-state index contributed by atoms with van der Waals surface area (Å²) in [6, 6.07) is 13.5. The quantitative estimate of drug-likeness (QED) is 0.0743. The van der Waals surface area contributed by atoms with Gasteiger partial charge in [-0.1, -0.05) is 138 Å². The Morgan fingerprint density at radius 1 is 0.646 bits per heavy atom. The van der Waals surface area contributed by atoms with Crippen molar-refractivity contribution in [3.63, 3.8) is 0 Å². The first-order chi connectivity index (χ1) is 34.3. The van der Waals surface area contributed by atoms with Crippen LogP contribution in [0.4, 0.5) is 0 Å². The van der Waals surface area contributed by atoms with E-state index in [4.69, 9.17) is 24.4 Å². The minimum atomic E-state index is -1.07. The molecule has 0 bridgehead atoms. The number of rotatable bonds is 17. The highest BCUT2D eigenvalue weighted by Crippen LogP contribution is 2.48. The van der Waals surface area contributed by atoms with Gasteiger partial charge in [0.2, 0.25) is 35.4 Å². The van der Waals surface area contributed by atoms with Crippen LogP contribution < -0.4 is 31.9 Å². The molecule has 4 fully saturated rings. The third kappa shape index (κ3) is 22.9. The number of hydrogen-bond acceptors (Lipinski definition) is 11. The summed E-state index contributed by atoms with van der Waals surface area (Å²) in [5.41, 5.74) is -0.0121. The number of carbonyl (C=O) groups excluding carboxylic acids is 6. The van der Waals surface area contributed by atoms with Crippen LogP contribution in [-0.2, 0) is 28.8 Å². The van der Waals surface area contributed by atoms with E-state index in [1.165, 1.54) is 0 Å². The molecule has 0 saturated carbocycles. The predicted octanol–water partition coefficient (Wildman–Crippen LogP) is 6.56. The van der Waals surface area contributed by atoms with Gasteiger partial charge in [-0.2, -0.15) is 135 Å². The van der Waals surface area contributed by atoms with E-state index in [9.17, 15) is 28.8 Å². The molecule has 4 aliphatic rings. The first-order valence-electron chi connectivity index (χ1n) is 24.9. The highest BCUT2D eigenvalue weighted by Gasteiger charge is 2.56. The molecule has 0 unspecified atom stereocenters. The zero-order chi connectivity index (χ0) is 52.3. The van der Waals surface area contributed by atoms with Crippen LogP contribution in [0.5, 0.6) is 0 Å². The summed E-state index contributed by atoms with van der Waals surface area (Å²) in [5.74, 6) is 10.3. The maximum atomic E-state index is 14.4. The van der Waals surface area contributed by atoms with Crippen LogP contribution in [0.2, 0.25) is 0 Å². The molecule has 0 aliphatic carbocycles. The first kappa shape index (κ1) is 89.3. The van der Waals surface area contributed by atoms with Gasteiger partial charge in [0.15, 0.2) is 0 Å². The fraction of sp³-hybridized carbons (Fsp3) is 0.556. The lowest BCUT2D eigenvalue weighted by Gasteiger charge is -2.35. The molecule has 6 N–H and O–H groups in total. The number of thiocarbonyl (C=S) groups is 2. The zero-order valence-electron chi connectivity index (χ0n) is 47.6. The largest absolute Gasteiger partial charge is 0.368 e. The molecule has 2 aromatic rings. The van der Waals surface area contributed by atoms with Gasteiger partial charge in [0, 0.05) is 22.7 Å². The minimum absolute atomic E-state index is 0. The van der Waals surface area contributed by atoms with Crippen molar-refractivity contribution in [1.29, 1.82) is 0 Å². The molecule has 10 atom stereocenters. The standard InChI is InChI=1S/C54H70N8O6S4.10H2S/c1-9-33(2)50(70)58-38-25-29-72-41-32-54(6,7)45(62(41)52(38)68)49(66)60-43(36-22-16-13-17-23-36)47(64)57-27-19-11-10-18-26-56-46(63)42(35-20-14-12-15-21-35)59-48(65)44-53(4,5)31-40-61(44)51(67)37(24-28-71-40)30-39(69)34(3)55-8;;;;;;;;;;/h12-17,20-23,33-34,37-38,40-45,55H,9,24-32H2,1-8H3,(H,56,63)(H,57,64)(H,58,70)(H,59,65)(H,60,66);10*1H2/t33-,34+,37-,38+,40+,41+,42+,43+,44-,45-;;;;;;;;;;/m1........../s1. The molecule has 14 nitrogen and oxygen atoms in total. The lowest BCUT2D eigenvalue weighted by atomic mass is 9.83. The molecule has 2 aromatic carbocycles. The summed E-state index contributed by atoms with van der Waals surface area (Å²) in [6.07, 6.45) is 3.80. The molecule has 6 rings (SSSR count). The lowest BCUT2D eigenvalue weighted by molar-refractivity contribution is -0.144. The SMILES string of the molecule is CC[C@@H](C)C(=S)N[C@H]1CCS[C@H]2CC(C)(C)[C@@H](C(=O)N[C@H](C(=O)NCC#CC#CCNC(=O)[C@@H](NC(=O)[C@H]3N4C(=O)[C@@H](CC(=S)[C@H](C)NC)CCS[C@H]4CC3(C)C)c3ccccc3)c3ccccc3)N2C1=O.S.S.S.S.S.S.S.S.S.S. The van der Waals surface area contributed by atoms with Gasteiger partial charge in [-0.3, -0.25) is 28.8 Å². The van der Waals surface area contributed by atoms with Crippen LogP contribution in [0.1, 0.15) is 110 Å². The second kappa shape index (κ2) is 41.6. The number of thioether (sulfide) groups is 2. The number of fused-ring (bicyclic) bond motifs is 2. The van der Waals surface area contributed by atoms with Crippen LogP contribution in [0.3, 0.4) is 0 Å². The molecular weight excluding hydrogens is 1310 g/mol. The molecule has 4 saturated heterocycles. The van der Waals surface area contributed by atoms with Crippen molar-refractivity contribution < 1.29 is 28.8 Å². The van der Waals surface area contributed by atoms with E-state index in [-0.39, 0.29) is 188 Å². The summed E-state index contributed by atoms with van der Waals surface area (Å²) in [6.45, 7) is 13.8. The van der Waals surface area contributed by atoms with E-state index < -0.39 is 64.7 Å². The Morgan fingerprint density at radius 3 is 1.45 bits per heavy atom. The van der Waals surface area contributed by atoms with Gasteiger partial charge in [0.25, 0.3) is 0 Å². The number of hydrogen-bond donors (Lipinski definition) is 6. The molecule has 6 amide bonds. The number of amides is 6. The predicted molar refractivity (Wildman–Crippen MR) is 398 cm³/mol. The smallest absolute Gasteiger partial charge is 0.247 e. The van der Waals surface area contributed by atoms with Crippen LogP contribution in [0, 0.1) is 46.3 Å². The van der Waals surface area contributed by atoms with Crippen LogP contribution >= 0.6 is 183 Å². The second-order valence-corrected chi connectivity index (χ2v) is 23.9. The Bertz CT molecular complexity index is 2330. The number of benzene rings is 2. The third-order valence-corrected chi connectivity index (χ3v) is 17.8. The van der Waals surface area contributed by atoms with Gasteiger partial charge in [-0.15, -0.1) is 23.5 Å². The fourth-order valence-electron chi connectivity index (χ4n) is 9.87. The maximum Gasteiger partial charge on any atom is 0.247 e. The van der Waals surface area contributed by atoms with E-state index in [2.05, 4.69) is 55.6 Å². The summed E-state index contributed by atoms with van der Waals surface area (Å²) < 4.78 is 0. The summed E-state index contributed by atoms with van der Waals surface area (Å²) >= 11 is 14.7. The van der Waals surface area contributed by atoms with Gasteiger partial charge in [0.1, 0.15) is 30.2 Å². The number of carbonyl (C=O) groups is 6. The van der Waals surface area contributed by atoms with Crippen LogP contribution in [-0.4, -0.2) is 122 Å². The Kier molecular flexibility index (Phi) is 45.3. The summed E-state index contributed by atoms with van der Waals surface area (Å²) in [4.78, 5) is 89.9. The van der Waals surface area contributed by atoms with Crippen LogP contribution in [0.25, 0.3) is 0 Å². The molecule has 82 heavy (non-hydrogen) atoms. The number of nitrogens with zero attached hydrogens (tertiary/aromatic N) is 2. The maximum absolute atomic E-state index is 14.4. The molecule has 0 aromatic heterocycles. The zero-order valence-corrected chi connectivity index (χ0v) is 60.9. The molecule has 0 spiro atoms. The van der Waals surface area contributed by atoms with E-state index in [0.717, 1.165) is 22.8 Å². The Morgan fingerprint density at radius 2 is 1.05 bits per heavy atom. The molecule has 4 heterocycles. The van der Waals surface area contributed by atoms with Crippen molar-refractivity contribution >= 4 is 228 Å². The van der Waals surface area contributed by atoms with Crippen molar-refractivity contribution in [1.82, 2.24) is 41.7 Å². The lowest BCUT2D eigenvalue weighted by Crippen LogP contribution is -2.58. The van der Waals surface area contributed by atoms with Gasteiger partial charge < -0.3 is 41.7 Å². The second-order valence-electron chi connectivity index (χ2n) is 20.4. The van der Waals surface area contributed by atoms with Crippen molar-refractivity contribution in [2.45, 2.75) is 134 Å². The monoisotopic (exact) mass is 1390 g/mol. The summed E-state index contributed by atoms with van der Waals surface area (Å²) in [7, 11) is 1.84. The van der Waals surface area contributed by atoms with E-state index in [1.54, 1.807) is 81.9 Å². The van der Waals surface area contributed by atoms with E-state index in [1.807, 2.05) is 67.6 Å². The third-order valence-electron chi connectivity index (χ3n) is 14.2. The Balaban J connectivity index is -0.00000198. The van der Waals surface area contributed by atoms with E-state index >= 15 is 0 Å². The van der Waals surface area contributed by atoms with E-state index in [0.29, 0.717) is 48.2 Å². The Hall–Kier alpha value is -1.48. The van der Waals surface area contributed by atoms with Gasteiger partial charge >= 0.3 is 0 Å². The highest BCUT2D eigenvalue weighted by atomic mass is 32.2. The van der Waals surface area contributed by atoms with Crippen molar-refractivity contribution in [2.75, 3.05) is 31.6 Å². The topological polar surface area (TPSA) is 181 Å². The van der Waals surface area contributed by atoms with Crippen molar-refractivity contribution in [3.8, 4) is 23.7 Å². The van der Waals surface area contributed by atoms with Crippen LogP contribution in [0.15, 0.2) is 60.7 Å². The van der Waals surface area contributed by atoms with Gasteiger partial charge in [-0.25, -0.2) is 0 Å². The summed E-state index contributed by atoms with van der Waals surface area (Å²) in [5, 5.41) is 17.7. The molecule has 4 aliphatic heterocycles. The van der Waals surface area contributed by atoms with Gasteiger partial charge in [0.05, 0.1) is 28.8 Å². The molecular formula is C54H90N8O6S14. The first-order valence-corrected chi connectivity index (χ1v) is 27.8. The normalized spacial score (nSPS) is 21.6. The van der Waals surface area contributed by atoms with Crippen molar-refractivity contribution in [2.24, 2.45) is 22.7 Å². The fourth-order valence-corrected chi connectivity index (χ4v) is 13.7.